The third-order valence-corrected chi connectivity index (χ3v) is 11.4. The number of fused-ring (bicyclic) bond motifs is 10. The summed E-state index contributed by atoms with van der Waals surface area (Å²) >= 11 is 0. The van der Waals surface area contributed by atoms with Gasteiger partial charge in [-0.3, -0.25) is 4.98 Å². The molecular formula is C51H33N3O. The van der Waals surface area contributed by atoms with Crippen LogP contribution >= 0.6 is 0 Å². The highest BCUT2D eigenvalue weighted by atomic mass is 16.3. The van der Waals surface area contributed by atoms with Crippen LogP contribution in [0.1, 0.15) is 39.3 Å². The second-order valence-electron chi connectivity index (χ2n) is 14.8. The fraction of sp³-hybridized carbons (Fsp3) is 0.0588. The lowest BCUT2D eigenvalue weighted by atomic mass is 9.86. The van der Waals surface area contributed by atoms with Crippen LogP contribution in [0.2, 0.25) is 0 Å². The Balaban J connectivity index is 1.09. The Morgan fingerprint density at radius 3 is 2.31 bits per heavy atom. The lowest BCUT2D eigenvalue weighted by molar-refractivity contribution is 0.669. The van der Waals surface area contributed by atoms with E-state index in [9.17, 15) is 5.26 Å². The molecule has 1 unspecified atom stereocenters. The van der Waals surface area contributed by atoms with Crippen molar-refractivity contribution < 1.29 is 4.42 Å². The van der Waals surface area contributed by atoms with Crippen LogP contribution in [0, 0.1) is 25.2 Å². The predicted molar refractivity (Wildman–Crippen MR) is 224 cm³/mol. The van der Waals surface area contributed by atoms with Gasteiger partial charge in [-0.2, -0.15) is 5.26 Å². The van der Waals surface area contributed by atoms with Crippen LogP contribution in [0.5, 0.6) is 0 Å². The van der Waals surface area contributed by atoms with Crippen LogP contribution in [0.3, 0.4) is 0 Å². The van der Waals surface area contributed by atoms with Gasteiger partial charge in [0, 0.05) is 50.5 Å². The van der Waals surface area contributed by atoms with E-state index >= 15 is 0 Å². The van der Waals surface area contributed by atoms with Crippen LogP contribution in [-0.4, -0.2) is 9.55 Å². The molecule has 0 bridgehead atoms. The van der Waals surface area contributed by atoms with Crippen molar-refractivity contribution in [3.8, 4) is 45.3 Å². The van der Waals surface area contributed by atoms with Crippen molar-refractivity contribution in [2.45, 2.75) is 19.8 Å². The summed E-state index contributed by atoms with van der Waals surface area (Å²) in [5, 5.41) is 15.1. The van der Waals surface area contributed by atoms with E-state index in [1.165, 1.54) is 38.6 Å². The van der Waals surface area contributed by atoms with E-state index in [1.54, 1.807) is 0 Å². The number of nitrogens with zero attached hydrogens (tertiary/aromatic N) is 3. The monoisotopic (exact) mass is 703 g/mol. The third kappa shape index (κ3) is 4.80. The standard InChI is InChI=1S/C51H33N3O/c1-30-13-16-40-44(23-30)50-42(19-18-41-43-22-31(2)14-20-48(43)55-51(41)50)49(40)36-25-32(29-52)24-35(26-36)33-8-7-9-37(27-33)54-46-12-4-3-10-38(46)39-17-15-34(28-47(39)54)45-11-5-6-21-53-45/h3-28,49H,1-2H3. The second-order valence-corrected chi connectivity index (χ2v) is 14.8. The molecule has 3 aromatic heterocycles. The highest BCUT2D eigenvalue weighted by Gasteiger charge is 2.33. The maximum absolute atomic E-state index is 10.4. The first-order valence-electron chi connectivity index (χ1n) is 18.7. The zero-order chi connectivity index (χ0) is 36.8. The molecule has 258 valence electrons. The second kappa shape index (κ2) is 11.9. The molecule has 7 aromatic carbocycles. The smallest absolute Gasteiger partial charge is 0.143 e. The largest absolute Gasteiger partial charge is 0.455 e. The van der Waals surface area contributed by atoms with E-state index in [4.69, 9.17) is 4.42 Å². The Hall–Kier alpha value is -7.22. The SMILES string of the molecule is Cc1ccc2c(c1)-c1c(ccc3c1oc1ccc(C)cc13)C2c1cc(C#N)cc(-c2cccc(-n3c4ccccc4c4ccc(-c5ccccn5)cc43)c2)c1. The third-order valence-electron chi connectivity index (χ3n) is 11.4. The van der Waals surface area contributed by atoms with Crippen molar-refractivity contribution in [3.63, 3.8) is 0 Å². The molecule has 0 amide bonds. The van der Waals surface area contributed by atoms with Gasteiger partial charge < -0.3 is 8.98 Å². The maximum atomic E-state index is 10.4. The number of aromatic nitrogens is 2. The van der Waals surface area contributed by atoms with Crippen LogP contribution in [0.15, 0.2) is 162 Å². The Kier molecular flexibility index (Phi) is 6.77. The number of furan rings is 1. The molecule has 0 fully saturated rings. The molecule has 1 atom stereocenters. The first-order valence-corrected chi connectivity index (χ1v) is 18.7. The van der Waals surface area contributed by atoms with E-state index < -0.39 is 0 Å². The highest BCUT2D eigenvalue weighted by Crippen LogP contribution is 2.53. The van der Waals surface area contributed by atoms with Crippen LogP contribution in [0.4, 0.5) is 0 Å². The van der Waals surface area contributed by atoms with Gasteiger partial charge in [-0.05, 0) is 108 Å². The van der Waals surface area contributed by atoms with Gasteiger partial charge in [-0.15, -0.1) is 0 Å². The van der Waals surface area contributed by atoms with E-state index in [1.807, 2.05) is 24.4 Å². The Morgan fingerprint density at radius 2 is 1.42 bits per heavy atom. The van der Waals surface area contributed by atoms with E-state index in [2.05, 4.69) is 163 Å². The first-order chi connectivity index (χ1) is 27.0. The van der Waals surface area contributed by atoms with Crippen LogP contribution in [-0.2, 0) is 0 Å². The van der Waals surface area contributed by atoms with Crippen LogP contribution in [0.25, 0.3) is 82.9 Å². The number of aryl methyl sites for hydroxylation is 2. The number of pyridine rings is 1. The number of rotatable bonds is 4. The number of para-hydroxylation sites is 1. The van der Waals surface area contributed by atoms with Gasteiger partial charge >= 0.3 is 0 Å². The number of hydrogen-bond donors (Lipinski definition) is 0. The van der Waals surface area contributed by atoms with E-state index in [0.29, 0.717) is 5.56 Å². The molecule has 1 aliphatic carbocycles. The molecule has 0 spiro atoms. The fourth-order valence-corrected chi connectivity index (χ4v) is 8.97. The molecule has 0 saturated heterocycles. The minimum Gasteiger partial charge on any atom is -0.455 e. The molecule has 0 aliphatic heterocycles. The Morgan fingerprint density at radius 1 is 0.600 bits per heavy atom. The molecule has 0 saturated carbocycles. The molecule has 4 nitrogen and oxygen atoms in total. The summed E-state index contributed by atoms with van der Waals surface area (Å²) in [4.78, 5) is 4.64. The highest BCUT2D eigenvalue weighted by molar-refractivity contribution is 6.12. The fourth-order valence-electron chi connectivity index (χ4n) is 8.97. The van der Waals surface area contributed by atoms with Crippen LogP contribution < -0.4 is 0 Å². The summed E-state index contributed by atoms with van der Waals surface area (Å²) in [5.41, 5.74) is 18.1. The first kappa shape index (κ1) is 31.3. The molecule has 55 heavy (non-hydrogen) atoms. The van der Waals surface area contributed by atoms with Crippen molar-refractivity contribution in [1.29, 1.82) is 5.26 Å². The summed E-state index contributed by atoms with van der Waals surface area (Å²) in [6.45, 7) is 4.27. The average Bonchev–Trinajstić information content (AvgIpc) is 3.88. The Bertz CT molecular complexity index is 3250. The average molecular weight is 704 g/mol. The van der Waals surface area contributed by atoms with Gasteiger partial charge in [0.05, 0.1) is 28.4 Å². The van der Waals surface area contributed by atoms with Gasteiger partial charge in [-0.25, -0.2) is 0 Å². The quantitative estimate of drug-likeness (QED) is 0.183. The predicted octanol–water partition coefficient (Wildman–Crippen LogP) is 13.1. The van der Waals surface area contributed by atoms with E-state index in [0.717, 1.165) is 72.2 Å². The zero-order valence-corrected chi connectivity index (χ0v) is 30.3. The summed E-state index contributed by atoms with van der Waals surface area (Å²) in [5.74, 6) is -0.0532. The van der Waals surface area contributed by atoms with Gasteiger partial charge in [0.2, 0.25) is 0 Å². The molecule has 3 heterocycles. The van der Waals surface area contributed by atoms with E-state index in [-0.39, 0.29) is 5.92 Å². The Labute approximate surface area is 318 Å². The lowest BCUT2D eigenvalue weighted by Crippen LogP contribution is -2.01. The molecule has 10 aromatic rings. The van der Waals surface area contributed by atoms with Gasteiger partial charge in [0.1, 0.15) is 11.2 Å². The minimum atomic E-state index is -0.0532. The van der Waals surface area contributed by atoms with Crippen molar-refractivity contribution in [3.05, 3.63) is 191 Å². The minimum absolute atomic E-state index is 0.0532. The lowest BCUT2D eigenvalue weighted by Gasteiger charge is -2.17. The van der Waals surface area contributed by atoms with Crippen molar-refractivity contribution >= 4 is 43.7 Å². The van der Waals surface area contributed by atoms with Gasteiger partial charge in [-0.1, -0.05) is 102 Å². The van der Waals surface area contributed by atoms with Crippen molar-refractivity contribution in [1.82, 2.24) is 9.55 Å². The molecule has 11 rings (SSSR count). The number of benzene rings is 7. The van der Waals surface area contributed by atoms with Crippen molar-refractivity contribution in [2.24, 2.45) is 0 Å². The number of nitriles is 1. The normalized spacial score (nSPS) is 13.4. The topological polar surface area (TPSA) is 54.8 Å². The van der Waals surface area contributed by atoms with Gasteiger partial charge in [0.25, 0.3) is 0 Å². The summed E-state index contributed by atoms with van der Waals surface area (Å²) < 4.78 is 9.00. The zero-order valence-electron chi connectivity index (χ0n) is 30.3. The summed E-state index contributed by atoms with van der Waals surface area (Å²) in [6.07, 6.45) is 1.84. The summed E-state index contributed by atoms with van der Waals surface area (Å²) in [6, 6.07) is 56.4. The van der Waals surface area contributed by atoms with Crippen molar-refractivity contribution in [2.75, 3.05) is 0 Å². The number of hydrogen-bond acceptors (Lipinski definition) is 3. The molecule has 4 heteroatoms. The van der Waals surface area contributed by atoms with Gasteiger partial charge in [0.15, 0.2) is 0 Å². The molecule has 1 aliphatic rings. The summed E-state index contributed by atoms with van der Waals surface area (Å²) in [7, 11) is 0. The maximum Gasteiger partial charge on any atom is 0.143 e. The molecule has 0 N–H and O–H groups in total. The molecule has 0 radical (unpaired) electrons. The molecular weight excluding hydrogens is 671 g/mol.